The van der Waals surface area contributed by atoms with Crippen LogP contribution < -0.4 is 10.6 Å². The summed E-state index contributed by atoms with van der Waals surface area (Å²) in [6.45, 7) is 8.21. The van der Waals surface area contributed by atoms with E-state index in [0.717, 1.165) is 39.3 Å². The quantitative estimate of drug-likeness (QED) is 0.557. The van der Waals surface area contributed by atoms with E-state index in [1.54, 1.807) is 7.11 Å². The molecule has 2 rings (SSSR count). The van der Waals surface area contributed by atoms with Crippen LogP contribution in [0.25, 0.3) is 0 Å². The van der Waals surface area contributed by atoms with Gasteiger partial charge in [0.2, 0.25) is 5.91 Å². The van der Waals surface area contributed by atoms with Crippen LogP contribution >= 0.6 is 0 Å². The fourth-order valence-corrected chi connectivity index (χ4v) is 2.50. The number of carbonyl (C=O) groups is 1. The number of methoxy groups -OCH3 is 1. The van der Waals surface area contributed by atoms with Crippen molar-refractivity contribution in [3.8, 4) is 0 Å². The second-order valence-electron chi connectivity index (χ2n) is 4.98. The number of amides is 1. The average molecular weight is 256 g/mol. The fraction of sp³-hybridized carbons (Fsp3) is 0.917. The molecule has 1 amide bonds. The molecule has 6 nitrogen and oxygen atoms in total. The molecular formula is C12H24N4O2. The summed E-state index contributed by atoms with van der Waals surface area (Å²) in [6.07, 6.45) is 0. The second-order valence-corrected chi connectivity index (χ2v) is 4.98. The molecule has 0 unspecified atom stereocenters. The Hall–Kier alpha value is -0.690. The summed E-state index contributed by atoms with van der Waals surface area (Å²) < 4.78 is 4.89. The monoisotopic (exact) mass is 256 g/mol. The van der Waals surface area contributed by atoms with Crippen molar-refractivity contribution in [1.82, 2.24) is 20.4 Å². The minimum atomic E-state index is 0.103. The molecule has 0 saturated carbocycles. The number of nitrogens with one attached hydrogen (secondary N) is 2. The van der Waals surface area contributed by atoms with E-state index in [0.29, 0.717) is 25.7 Å². The van der Waals surface area contributed by atoms with Crippen LogP contribution in [0.4, 0.5) is 0 Å². The van der Waals surface area contributed by atoms with Gasteiger partial charge in [0.05, 0.1) is 13.2 Å². The Kier molecular flexibility index (Phi) is 5.37. The van der Waals surface area contributed by atoms with Crippen molar-refractivity contribution in [1.29, 1.82) is 0 Å². The Morgan fingerprint density at radius 3 is 2.78 bits per heavy atom. The summed E-state index contributed by atoms with van der Waals surface area (Å²) in [5, 5.41) is 6.21. The zero-order valence-electron chi connectivity index (χ0n) is 11.2. The highest BCUT2D eigenvalue weighted by atomic mass is 16.5. The van der Waals surface area contributed by atoms with Crippen LogP contribution in [-0.2, 0) is 9.53 Å². The maximum absolute atomic E-state index is 11.6. The van der Waals surface area contributed by atoms with Gasteiger partial charge in [-0.2, -0.15) is 0 Å². The molecule has 2 N–H and O–H groups in total. The van der Waals surface area contributed by atoms with E-state index in [9.17, 15) is 4.79 Å². The third-order valence-electron chi connectivity index (χ3n) is 3.60. The molecule has 104 valence electrons. The van der Waals surface area contributed by atoms with Crippen LogP contribution in [0, 0.1) is 0 Å². The Labute approximate surface area is 109 Å². The summed E-state index contributed by atoms with van der Waals surface area (Å²) in [5.41, 5.74) is 0. The summed E-state index contributed by atoms with van der Waals surface area (Å²) in [5.74, 6) is 0.103. The minimum Gasteiger partial charge on any atom is -0.383 e. The molecular weight excluding hydrogens is 232 g/mol. The van der Waals surface area contributed by atoms with Crippen molar-refractivity contribution in [2.75, 3.05) is 66.1 Å². The summed E-state index contributed by atoms with van der Waals surface area (Å²) in [4.78, 5) is 16.3. The van der Waals surface area contributed by atoms with Gasteiger partial charge in [-0.25, -0.2) is 0 Å². The molecule has 0 aromatic heterocycles. The van der Waals surface area contributed by atoms with Gasteiger partial charge in [0.25, 0.3) is 0 Å². The Balaban J connectivity index is 1.56. The normalized spacial score (nSPS) is 22.7. The van der Waals surface area contributed by atoms with Gasteiger partial charge in [0, 0.05) is 59.0 Å². The largest absolute Gasteiger partial charge is 0.383 e. The van der Waals surface area contributed by atoms with E-state index in [1.165, 1.54) is 0 Å². The first-order chi connectivity index (χ1) is 8.79. The van der Waals surface area contributed by atoms with Crippen LogP contribution in [0.1, 0.15) is 0 Å². The van der Waals surface area contributed by atoms with Gasteiger partial charge in [-0.15, -0.1) is 0 Å². The van der Waals surface area contributed by atoms with Crippen molar-refractivity contribution in [3.05, 3.63) is 0 Å². The molecule has 18 heavy (non-hydrogen) atoms. The summed E-state index contributed by atoms with van der Waals surface area (Å²) >= 11 is 0. The number of hydrogen-bond donors (Lipinski definition) is 2. The Morgan fingerprint density at radius 1 is 1.39 bits per heavy atom. The Morgan fingerprint density at radius 2 is 2.11 bits per heavy atom. The standard InChI is InChI=1S/C12H24N4O2/c1-18-7-4-14-12(17)10-15-8-11(9-15)16-5-2-13-3-6-16/h11,13H,2-10H2,1H3,(H,14,17). The molecule has 2 saturated heterocycles. The van der Waals surface area contributed by atoms with Gasteiger partial charge in [0.15, 0.2) is 0 Å². The van der Waals surface area contributed by atoms with Gasteiger partial charge < -0.3 is 15.4 Å². The summed E-state index contributed by atoms with van der Waals surface area (Å²) in [7, 11) is 1.64. The Bertz CT molecular complexity index is 263. The van der Waals surface area contributed by atoms with Gasteiger partial charge in [0.1, 0.15) is 0 Å². The molecule has 2 aliphatic heterocycles. The molecule has 2 heterocycles. The van der Waals surface area contributed by atoms with Crippen LogP contribution in [-0.4, -0.2) is 87.8 Å². The minimum absolute atomic E-state index is 0.103. The van der Waals surface area contributed by atoms with E-state index >= 15 is 0 Å². The number of rotatable bonds is 6. The number of ether oxygens (including phenoxy) is 1. The van der Waals surface area contributed by atoms with E-state index in [-0.39, 0.29) is 5.91 Å². The van der Waals surface area contributed by atoms with Crippen molar-refractivity contribution in [2.24, 2.45) is 0 Å². The topological polar surface area (TPSA) is 56.8 Å². The maximum Gasteiger partial charge on any atom is 0.234 e. The molecule has 0 aromatic carbocycles. The predicted octanol–water partition coefficient (Wildman–Crippen LogP) is -1.66. The number of hydrogen-bond acceptors (Lipinski definition) is 5. The lowest BCUT2D eigenvalue weighted by molar-refractivity contribution is -0.124. The van der Waals surface area contributed by atoms with Gasteiger partial charge in [-0.1, -0.05) is 0 Å². The first-order valence-corrected chi connectivity index (χ1v) is 6.72. The lowest BCUT2D eigenvalue weighted by Crippen LogP contribution is -2.63. The molecule has 6 heteroatoms. The molecule has 2 fully saturated rings. The van der Waals surface area contributed by atoms with Gasteiger partial charge in [-0.05, 0) is 0 Å². The zero-order valence-corrected chi connectivity index (χ0v) is 11.2. The molecule has 0 bridgehead atoms. The number of nitrogens with zero attached hydrogens (tertiary/aromatic N) is 2. The molecule has 0 atom stereocenters. The van der Waals surface area contributed by atoms with E-state index in [2.05, 4.69) is 20.4 Å². The number of carbonyl (C=O) groups excluding carboxylic acids is 1. The van der Waals surface area contributed by atoms with Gasteiger partial charge in [-0.3, -0.25) is 14.6 Å². The molecule has 2 aliphatic rings. The highest BCUT2D eigenvalue weighted by molar-refractivity contribution is 5.78. The third-order valence-corrected chi connectivity index (χ3v) is 3.60. The molecule has 0 aromatic rings. The highest BCUT2D eigenvalue weighted by Gasteiger charge is 2.32. The number of likely N-dealkylation sites (tertiary alicyclic amines) is 1. The lowest BCUT2D eigenvalue weighted by Gasteiger charge is -2.46. The molecule has 0 aliphatic carbocycles. The van der Waals surface area contributed by atoms with Crippen LogP contribution in [0.2, 0.25) is 0 Å². The highest BCUT2D eigenvalue weighted by Crippen LogP contribution is 2.14. The second kappa shape index (κ2) is 7.04. The molecule has 0 radical (unpaired) electrons. The maximum atomic E-state index is 11.6. The lowest BCUT2D eigenvalue weighted by atomic mass is 10.1. The van der Waals surface area contributed by atoms with Crippen molar-refractivity contribution >= 4 is 5.91 Å². The van der Waals surface area contributed by atoms with Crippen molar-refractivity contribution in [3.63, 3.8) is 0 Å². The predicted molar refractivity (Wildman–Crippen MR) is 69.6 cm³/mol. The van der Waals surface area contributed by atoms with Crippen LogP contribution in [0.5, 0.6) is 0 Å². The van der Waals surface area contributed by atoms with Crippen LogP contribution in [0.15, 0.2) is 0 Å². The first-order valence-electron chi connectivity index (χ1n) is 6.72. The van der Waals surface area contributed by atoms with E-state index in [1.807, 2.05) is 0 Å². The summed E-state index contributed by atoms with van der Waals surface area (Å²) in [6, 6.07) is 0.652. The smallest absolute Gasteiger partial charge is 0.234 e. The zero-order chi connectivity index (χ0) is 12.8. The van der Waals surface area contributed by atoms with Crippen molar-refractivity contribution in [2.45, 2.75) is 6.04 Å². The SMILES string of the molecule is COCCNC(=O)CN1CC(N2CCNCC2)C1. The molecule has 0 spiro atoms. The number of piperazine rings is 1. The third kappa shape index (κ3) is 3.91. The van der Waals surface area contributed by atoms with Crippen LogP contribution in [0.3, 0.4) is 0 Å². The first kappa shape index (κ1) is 13.7. The fourth-order valence-electron chi connectivity index (χ4n) is 2.50. The average Bonchev–Trinajstić information content (AvgIpc) is 2.35. The van der Waals surface area contributed by atoms with E-state index in [4.69, 9.17) is 4.74 Å². The van der Waals surface area contributed by atoms with Crippen molar-refractivity contribution < 1.29 is 9.53 Å². The van der Waals surface area contributed by atoms with E-state index < -0.39 is 0 Å². The van der Waals surface area contributed by atoms with Gasteiger partial charge >= 0.3 is 0 Å².